The normalized spacial score (nSPS) is 10.8. The largest absolute Gasteiger partial charge is 0.493 e. The number of thiophene rings is 1. The molecule has 0 spiro atoms. The molecule has 2 aromatic rings. The number of rotatable bonds is 5. The SMILES string of the molecule is CCOc1ccccc1-c1c(C)sc(N)c1C(=O)OC(C)C. The molecule has 22 heavy (non-hydrogen) atoms. The Morgan fingerprint density at radius 2 is 2.00 bits per heavy atom. The smallest absolute Gasteiger partial charge is 0.342 e. The lowest BCUT2D eigenvalue weighted by atomic mass is 10.0. The summed E-state index contributed by atoms with van der Waals surface area (Å²) >= 11 is 1.39. The van der Waals surface area contributed by atoms with Crippen LogP contribution in [0, 0.1) is 6.92 Å². The zero-order valence-corrected chi connectivity index (χ0v) is 14.1. The number of hydrogen-bond acceptors (Lipinski definition) is 5. The number of hydrogen-bond donors (Lipinski definition) is 1. The molecule has 118 valence electrons. The molecule has 0 atom stereocenters. The molecule has 0 unspecified atom stereocenters. The van der Waals surface area contributed by atoms with Gasteiger partial charge in [-0.15, -0.1) is 11.3 Å². The van der Waals surface area contributed by atoms with Gasteiger partial charge >= 0.3 is 5.97 Å². The summed E-state index contributed by atoms with van der Waals surface area (Å²) in [4.78, 5) is 13.4. The molecule has 0 radical (unpaired) electrons. The van der Waals surface area contributed by atoms with Crippen LogP contribution in [-0.2, 0) is 4.74 Å². The molecule has 2 rings (SSSR count). The topological polar surface area (TPSA) is 61.5 Å². The minimum Gasteiger partial charge on any atom is -0.493 e. The van der Waals surface area contributed by atoms with Gasteiger partial charge in [-0.25, -0.2) is 4.79 Å². The lowest BCUT2D eigenvalue weighted by molar-refractivity contribution is 0.0380. The van der Waals surface area contributed by atoms with Gasteiger partial charge in [0.1, 0.15) is 16.3 Å². The van der Waals surface area contributed by atoms with Crippen molar-refractivity contribution in [1.82, 2.24) is 0 Å². The molecule has 0 amide bonds. The minimum absolute atomic E-state index is 0.193. The molecule has 0 saturated carbocycles. The summed E-state index contributed by atoms with van der Waals surface area (Å²) in [6.45, 7) is 8.08. The van der Waals surface area contributed by atoms with Crippen LogP contribution >= 0.6 is 11.3 Å². The molecule has 0 fully saturated rings. The van der Waals surface area contributed by atoms with E-state index in [0.29, 0.717) is 17.2 Å². The Morgan fingerprint density at radius 1 is 1.32 bits per heavy atom. The van der Waals surface area contributed by atoms with Gasteiger partial charge in [-0.05, 0) is 33.8 Å². The van der Waals surface area contributed by atoms with Crippen molar-refractivity contribution in [3.05, 3.63) is 34.7 Å². The van der Waals surface area contributed by atoms with Crippen molar-refractivity contribution < 1.29 is 14.3 Å². The van der Waals surface area contributed by atoms with Gasteiger partial charge in [0, 0.05) is 16.0 Å². The van der Waals surface area contributed by atoms with Crippen LogP contribution in [0.4, 0.5) is 5.00 Å². The molecule has 0 aliphatic rings. The first-order valence-corrected chi connectivity index (χ1v) is 8.09. The first-order valence-electron chi connectivity index (χ1n) is 7.27. The number of anilines is 1. The van der Waals surface area contributed by atoms with Crippen molar-refractivity contribution >= 4 is 22.3 Å². The first-order chi connectivity index (χ1) is 10.5. The maximum atomic E-state index is 12.4. The lowest BCUT2D eigenvalue weighted by Crippen LogP contribution is -2.13. The number of para-hydroxylation sites is 1. The van der Waals surface area contributed by atoms with Crippen LogP contribution in [0.3, 0.4) is 0 Å². The van der Waals surface area contributed by atoms with Crippen molar-refractivity contribution in [2.45, 2.75) is 33.8 Å². The molecule has 0 bridgehead atoms. The van der Waals surface area contributed by atoms with Gasteiger partial charge < -0.3 is 15.2 Å². The standard InChI is InChI=1S/C17H21NO3S/c1-5-20-13-9-7-6-8-12(13)14-11(4)22-16(18)15(14)17(19)21-10(2)3/h6-10H,5,18H2,1-4H3. The van der Waals surface area contributed by atoms with Crippen LogP contribution < -0.4 is 10.5 Å². The fraction of sp³-hybridized carbons (Fsp3) is 0.353. The summed E-state index contributed by atoms with van der Waals surface area (Å²) in [5.41, 5.74) is 8.16. The van der Waals surface area contributed by atoms with Crippen molar-refractivity contribution in [3.63, 3.8) is 0 Å². The fourth-order valence-corrected chi connectivity index (χ4v) is 3.25. The van der Waals surface area contributed by atoms with Gasteiger partial charge in [-0.1, -0.05) is 18.2 Å². The van der Waals surface area contributed by atoms with Gasteiger partial charge in [-0.3, -0.25) is 0 Å². The molecule has 0 aliphatic carbocycles. The molecule has 2 N–H and O–H groups in total. The van der Waals surface area contributed by atoms with E-state index in [1.165, 1.54) is 11.3 Å². The van der Waals surface area contributed by atoms with E-state index >= 15 is 0 Å². The molecule has 5 heteroatoms. The van der Waals surface area contributed by atoms with E-state index in [-0.39, 0.29) is 6.10 Å². The fourth-order valence-electron chi connectivity index (χ4n) is 2.32. The second-order valence-corrected chi connectivity index (χ2v) is 6.41. The third-order valence-corrected chi connectivity index (χ3v) is 4.05. The van der Waals surface area contributed by atoms with Crippen molar-refractivity contribution in [2.24, 2.45) is 0 Å². The average molecular weight is 319 g/mol. The van der Waals surface area contributed by atoms with Crippen LogP contribution in [0.5, 0.6) is 5.75 Å². The maximum absolute atomic E-state index is 12.4. The van der Waals surface area contributed by atoms with Gasteiger partial charge in [0.2, 0.25) is 0 Å². The molecular weight excluding hydrogens is 298 g/mol. The Labute approximate surface area is 134 Å². The second kappa shape index (κ2) is 6.83. The lowest BCUT2D eigenvalue weighted by Gasteiger charge is -2.13. The van der Waals surface area contributed by atoms with Crippen molar-refractivity contribution in [2.75, 3.05) is 12.3 Å². The number of esters is 1. The quantitative estimate of drug-likeness (QED) is 0.836. The average Bonchev–Trinajstić information content (AvgIpc) is 2.73. The Balaban J connectivity index is 2.59. The first kappa shape index (κ1) is 16.4. The molecule has 1 aromatic heterocycles. The predicted octanol–water partition coefficient (Wildman–Crippen LogP) is 4.27. The van der Waals surface area contributed by atoms with Gasteiger partial charge in [0.25, 0.3) is 0 Å². The number of carbonyl (C=O) groups excluding carboxylic acids is 1. The van der Waals surface area contributed by atoms with E-state index in [1.54, 1.807) is 0 Å². The Bertz CT molecular complexity index is 677. The van der Waals surface area contributed by atoms with Crippen LogP contribution in [-0.4, -0.2) is 18.7 Å². The van der Waals surface area contributed by atoms with Gasteiger partial charge in [0.15, 0.2) is 0 Å². The molecule has 4 nitrogen and oxygen atoms in total. The Hall–Kier alpha value is -2.01. The molecule has 0 aliphatic heterocycles. The van der Waals surface area contributed by atoms with E-state index in [0.717, 1.165) is 21.8 Å². The highest BCUT2D eigenvalue weighted by atomic mass is 32.1. The van der Waals surface area contributed by atoms with Crippen LogP contribution in [0.1, 0.15) is 36.0 Å². The number of benzene rings is 1. The number of ether oxygens (including phenoxy) is 2. The van der Waals surface area contributed by atoms with Crippen molar-refractivity contribution in [3.8, 4) is 16.9 Å². The summed E-state index contributed by atoms with van der Waals surface area (Å²) in [6, 6.07) is 7.66. The summed E-state index contributed by atoms with van der Waals surface area (Å²) in [5, 5.41) is 0.476. The highest BCUT2D eigenvalue weighted by molar-refractivity contribution is 7.16. The van der Waals surface area contributed by atoms with E-state index in [2.05, 4.69) is 0 Å². The number of nitrogen functional groups attached to an aromatic ring is 1. The number of carbonyl (C=O) groups is 1. The third-order valence-electron chi connectivity index (χ3n) is 3.11. The molecule has 1 heterocycles. The summed E-state index contributed by atoms with van der Waals surface area (Å²) in [7, 11) is 0. The minimum atomic E-state index is -0.391. The number of aryl methyl sites for hydroxylation is 1. The summed E-state index contributed by atoms with van der Waals surface area (Å²) in [5.74, 6) is 0.350. The summed E-state index contributed by atoms with van der Waals surface area (Å²) in [6.07, 6.45) is -0.193. The van der Waals surface area contributed by atoms with E-state index in [1.807, 2.05) is 52.0 Å². The molecular formula is C17H21NO3S. The highest BCUT2D eigenvalue weighted by Crippen LogP contribution is 2.42. The zero-order chi connectivity index (χ0) is 16.3. The Morgan fingerprint density at radius 3 is 2.64 bits per heavy atom. The second-order valence-electron chi connectivity index (χ2n) is 5.16. The summed E-state index contributed by atoms with van der Waals surface area (Å²) < 4.78 is 11.0. The Kier molecular flexibility index (Phi) is 5.08. The van der Waals surface area contributed by atoms with Crippen molar-refractivity contribution in [1.29, 1.82) is 0 Å². The monoisotopic (exact) mass is 319 g/mol. The van der Waals surface area contributed by atoms with Gasteiger partial charge in [0.05, 0.1) is 12.7 Å². The van der Waals surface area contributed by atoms with Gasteiger partial charge in [-0.2, -0.15) is 0 Å². The molecule has 1 aromatic carbocycles. The van der Waals surface area contributed by atoms with Crippen LogP contribution in [0.2, 0.25) is 0 Å². The third kappa shape index (κ3) is 3.25. The van der Waals surface area contributed by atoms with E-state index in [9.17, 15) is 4.79 Å². The van der Waals surface area contributed by atoms with E-state index in [4.69, 9.17) is 15.2 Å². The maximum Gasteiger partial charge on any atom is 0.342 e. The predicted molar refractivity (Wildman–Crippen MR) is 90.6 cm³/mol. The van der Waals surface area contributed by atoms with Crippen LogP contribution in [0.15, 0.2) is 24.3 Å². The van der Waals surface area contributed by atoms with E-state index < -0.39 is 5.97 Å². The number of nitrogens with two attached hydrogens (primary N) is 1. The van der Waals surface area contributed by atoms with Crippen LogP contribution in [0.25, 0.3) is 11.1 Å². The molecule has 0 saturated heterocycles. The highest BCUT2D eigenvalue weighted by Gasteiger charge is 2.25. The zero-order valence-electron chi connectivity index (χ0n) is 13.3.